The Morgan fingerprint density at radius 2 is 2.06 bits per heavy atom. The van der Waals surface area contributed by atoms with E-state index < -0.39 is 5.60 Å². The Bertz CT molecular complexity index is 325. The zero-order valence-corrected chi connectivity index (χ0v) is 11.5. The fraction of sp³-hybridized carbons (Fsp3) is 0.923. The van der Waals surface area contributed by atoms with Gasteiger partial charge in [0.15, 0.2) is 0 Å². The van der Waals surface area contributed by atoms with Crippen LogP contribution >= 0.6 is 0 Å². The van der Waals surface area contributed by atoms with Gasteiger partial charge in [0, 0.05) is 0 Å². The molecule has 5 nitrogen and oxygen atoms in total. The Balaban J connectivity index is 2.13. The number of rotatable bonds is 0. The van der Waals surface area contributed by atoms with Gasteiger partial charge in [0.1, 0.15) is 5.60 Å². The van der Waals surface area contributed by atoms with Crippen molar-refractivity contribution in [1.82, 2.24) is 4.90 Å². The summed E-state index contributed by atoms with van der Waals surface area (Å²) >= 11 is 0. The van der Waals surface area contributed by atoms with E-state index in [4.69, 9.17) is 9.47 Å². The molecule has 18 heavy (non-hydrogen) atoms. The van der Waals surface area contributed by atoms with E-state index in [0.717, 1.165) is 0 Å². The van der Waals surface area contributed by atoms with Crippen LogP contribution in [0.3, 0.4) is 0 Å². The summed E-state index contributed by atoms with van der Waals surface area (Å²) in [5.74, 6) is 0. The Hall–Kier alpha value is -0.810. The molecule has 0 aromatic rings. The molecule has 2 heterocycles. The molecule has 1 N–H and O–H groups in total. The lowest BCUT2D eigenvalue weighted by atomic mass is 9.89. The summed E-state index contributed by atoms with van der Waals surface area (Å²) < 4.78 is 11.1. The summed E-state index contributed by atoms with van der Waals surface area (Å²) in [5.41, 5.74) is -0.495. The third-order valence-corrected chi connectivity index (χ3v) is 3.51. The van der Waals surface area contributed by atoms with Crippen LogP contribution in [0.4, 0.5) is 4.79 Å². The minimum Gasteiger partial charge on any atom is -0.444 e. The summed E-state index contributed by atoms with van der Waals surface area (Å²) in [6.45, 7) is 8.00. The van der Waals surface area contributed by atoms with Crippen LogP contribution in [-0.4, -0.2) is 52.6 Å². The van der Waals surface area contributed by atoms with Gasteiger partial charge in [-0.15, -0.1) is 0 Å². The molecule has 1 amide bonds. The smallest absolute Gasteiger partial charge is 0.410 e. The van der Waals surface area contributed by atoms with Crippen molar-refractivity contribution < 1.29 is 19.4 Å². The van der Waals surface area contributed by atoms with Crippen LogP contribution in [0, 0.1) is 0 Å². The van der Waals surface area contributed by atoms with Crippen LogP contribution in [0.1, 0.15) is 40.5 Å². The SMILES string of the molecule is C[C@@H]1OC[C@H]2C[C@@H](O)CC1N2C(=O)OC(C)(C)C. The van der Waals surface area contributed by atoms with Crippen LogP contribution in [-0.2, 0) is 9.47 Å². The van der Waals surface area contributed by atoms with Crippen LogP contribution in [0.15, 0.2) is 0 Å². The maximum Gasteiger partial charge on any atom is 0.410 e. The largest absolute Gasteiger partial charge is 0.444 e. The fourth-order valence-corrected chi connectivity index (χ4v) is 2.73. The second kappa shape index (κ2) is 4.70. The van der Waals surface area contributed by atoms with E-state index in [9.17, 15) is 9.90 Å². The van der Waals surface area contributed by atoms with E-state index >= 15 is 0 Å². The van der Waals surface area contributed by atoms with Gasteiger partial charge in [0.25, 0.3) is 0 Å². The molecule has 4 atom stereocenters. The van der Waals surface area contributed by atoms with Gasteiger partial charge in [-0.1, -0.05) is 0 Å². The van der Waals surface area contributed by atoms with Crippen molar-refractivity contribution in [2.24, 2.45) is 0 Å². The standard InChI is InChI=1S/C13H23NO4/c1-8-11-6-10(15)5-9(7-17-8)14(11)12(16)18-13(2,3)4/h8-11,15H,5-7H2,1-4H3/t8-,9+,10+,11?/m0/s1. The number of piperidine rings is 1. The Kier molecular flexibility index (Phi) is 3.56. The number of morpholine rings is 1. The number of hydrogen-bond acceptors (Lipinski definition) is 4. The molecule has 0 spiro atoms. The topological polar surface area (TPSA) is 59.0 Å². The number of aliphatic hydroxyl groups excluding tert-OH is 1. The molecule has 0 saturated carbocycles. The summed E-state index contributed by atoms with van der Waals surface area (Å²) in [6, 6.07) is -0.146. The van der Waals surface area contributed by atoms with Gasteiger partial charge < -0.3 is 14.6 Å². The van der Waals surface area contributed by atoms with E-state index in [2.05, 4.69) is 0 Å². The molecule has 2 fully saturated rings. The molecule has 2 aliphatic rings. The van der Waals surface area contributed by atoms with Crippen LogP contribution < -0.4 is 0 Å². The van der Waals surface area contributed by atoms with Crippen LogP contribution in [0.5, 0.6) is 0 Å². The van der Waals surface area contributed by atoms with Crippen LogP contribution in [0.2, 0.25) is 0 Å². The summed E-state index contributed by atoms with van der Waals surface area (Å²) in [5, 5.41) is 9.83. The Morgan fingerprint density at radius 1 is 1.39 bits per heavy atom. The fourth-order valence-electron chi connectivity index (χ4n) is 2.73. The first kappa shape index (κ1) is 13.6. The first-order chi connectivity index (χ1) is 8.28. The number of carbonyl (C=O) groups excluding carboxylic acids is 1. The predicted molar refractivity (Wildman–Crippen MR) is 66.3 cm³/mol. The highest BCUT2D eigenvalue weighted by molar-refractivity contribution is 5.69. The van der Waals surface area contributed by atoms with Gasteiger partial charge in [-0.25, -0.2) is 4.79 Å². The molecule has 2 aliphatic heterocycles. The predicted octanol–water partition coefficient (Wildman–Crippen LogP) is 1.53. The molecule has 0 aliphatic carbocycles. The molecule has 104 valence electrons. The molecule has 0 radical (unpaired) electrons. The molecular weight excluding hydrogens is 234 g/mol. The third-order valence-electron chi connectivity index (χ3n) is 3.51. The molecule has 1 unspecified atom stereocenters. The first-order valence-corrected chi connectivity index (χ1v) is 6.59. The van der Waals surface area contributed by atoms with Crippen molar-refractivity contribution in [2.45, 2.75) is 70.4 Å². The van der Waals surface area contributed by atoms with Gasteiger partial charge in [-0.3, -0.25) is 4.90 Å². The van der Waals surface area contributed by atoms with E-state index in [1.165, 1.54) is 0 Å². The highest BCUT2D eigenvalue weighted by Crippen LogP contribution is 2.32. The zero-order valence-electron chi connectivity index (χ0n) is 11.5. The van der Waals surface area contributed by atoms with E-state index in [0.29, 0.717) is 19.4 Å². The summed E-state index contributed by atoms with van der Waals surface area (Å²) in [7, 11) is 0. The molecule has 2 saturated heterocycles. The summed E-state index contributed by atoms with van der Waals surface area (Å²) in [4.78, 5) is 14.0. The number of hydrogen-bond donors (Lipinski definition) is 1. The maximum absolute atomic E-state index is 12.2. The van der Waals surface area contributed by atoms with Gasteiger partial charge in [0.2, 0.25) is 0 Å². The van der Waals surface area contributed by atoms with Crippen molar-refractivity contribution in [3.05, 3.63) is 0 Å². The summed E-state index contributed by atoms with van der Waals surface area (Å²) in [6.07, 6.45) is 0.452. The molecule has 2 rings (SSSR count). The van der Waals surface area contributed by atoms with Crippen molar-refractivity contribution in [3.63, 3.8) is 0 Å². The quantitative estimate of drug-likeness (QED) is 0.715. The molecule has 2 bridgehead atoms. The number of fused-ring (bicyclic) bond motifs is 2. The average Bonchev–Trinajstić information content (AvgIpc) is 2.20. The van der Waals surface area contributed by atoms with Crippen molar-refractivity contribution in [3.8, 4) is 0 Å². The molecule has 5 heteroatoms. The molecular formula is C13H23NO4. The lowest BCUT2D eigenvalue weighted by molar-refractivity contribution is -0.135. The second-order valence-corrected chi connectivity index (χ2v) is 6.27. The minimum absolute atomic E-state index is 0.0521. The number of aliphatic hydroxyl groups is 1. The molecule has 0 aromatic carbocycles. The Morgan fingerprint density at radius 3 is 2.67 bits per heavy atom. The van der Waals surface area contributed by atoms with E-state index in [1.807, 2.05) is 27.7 Å². The van der Waals surface area contributed by atoms with Gasteiger partial charge >= 0.3 is 6.09 Å². The van der Waals surface area contributed by atoms with Gasteiger partial charge in [0.05, 0.1) is 30.9 Å². The number of amides is 1. The lowest BCUT2D eigenvalue weighted by Gasteiger charge is -2.49. The van der Waals surface area contributed by atoms with Crippen molar-refractivity contribution in [2.75, 3.05) is 6.61 Å². The zero-order chi connectivity index (χ0) is 13.5. The number of carbonyl (C=O) groups is 1. The third kappa shape index (κ3) is 2.78. The van der Waals surface area contributed by atoms with Crippen molar-refractivity contribution >= 4 is 6.09 Å². The van der Waals surface area contributed by atoms with Crippen LogP contribution in [0.25, 0.3) is 0 Å². The van der Waals surface area contributed by atoms with E-state index in [1.54, 1.807) is 4.90 Å². The van der Waals surface area contributed by atoms with Crippen molar-refractivity contribution in [1.29, 1.82) is 0 Å². The highest BCUT2D eigenvalue weighted by atomic mass is 16.6. The van der Waals surface area contributed by atoms with Gasteiger partial charge in [-0.2, -0.15) is 0 Å². The minimum atomic E-state index is -0.495. The maximum atomic E-state index is 12.2. The Labute approximate surface area is 108 Å². The first-order valence-electron chi connectivity index (χ1n) is 6.59. The molecule has 0 aromatic heterocycles. The van der Waals surface area contributed by atoms with E-state index in [-0.39, 0.29) is 30.4 Å². The number of nitrogens with zero attached hydrogens (tertiary/aromatic N) is 1. The lowest BCUT2D eigenvalue weighted by Crippen LogP contribution is -2.63. The number of ether oxygens (including phenoxy) is 2. The average molecular weight is 257 g/mol. The normalized spacial score (nSPS) is 36.4. The monoisotopic (exact) mass is 257 g/mol. The highest BCUT2D eigenvalue weighted by Gasteiger charge is 2.45. The van der Waals surface area contributed by atoms with Gasteiger partial charge in [-0.05, 0) is 40.5 Å². The second-order valence-electron chi connectivity index (χ2n) is 6.27.